The molecule has 0 spiro atoms. The SMILES string of the molecule is CN(C)CCN(C(=O)C1=NN(c2ccccc2)C(C(=O)O)C1)C1CCCC1. The Hall–Kier alpha value is -2.41. The summed E-state index contributed by atoms with van der Waals surface area (Å²) in [5.74, 6) is -1.08. The van der Waals surface area contributed by atoms with Crippen molar-refractivity contribution in [2.75, 3.05) is 32.2 Å². The molecule has 7 heteroatoms. The van der Waals surface area contributed by atoms with E-state index in [0.29, 0.717) is 17.9 Å². The van der Waals surface area contributed by atoms with Crippen LogP contribution >= 0.6 is 0 Å². The Kier molecular flexibility index (Phi) is 6.11. The van der Waals surface area contributed by atoms with E-state index in [1.54, 1.807) is 0 Å². The van der Waals surface area contributed by atoms with Gasteiger partial charge in [-0.25, -0.2) is 4.79 Å². The van der Waals surface area contributed by atoms with Gasteiger partial charge < -0.3 is 14.9 Å². The summed E-state index contributed by atoms with van der Waals surface area (Å²) in [6.07, 6.45) is 4.43. The minimum absolute atomic E-state index is 0.117. The van der Waals surface area contributed by atoms with Crippen LogP contribution in [0.4, 0.5) is 5.69 Å². The highest BCUT2D eigenvalue weighted by Crippen LogP contribution is 2.28. The Balaban J connectivity index is 1.83. The van der Waals surface area contributed by atoms with E-state index in [1.165, 1.54) is 5.01 Å². The zero-order valence-corrected chi connectivity index (χ0v) is 16.0. The number of anilines is 1. The molecule has 1 N–H and O–H groups in total. The van der Waals surface area contributed by atoms with E-state index in [9.17, 15) is 14.7 Å². The van der Waals surface area contributed by atoms with Crippen LogP contribution in [0.1, 0.15) is 32.1 Å². The lowest BCUT2D eigenvalue weighted by Gasteiger charge is -2.30. The maximum Gasteiger partial charge on any atom is 0.328 e. The number of hydrazone groups is 1. The Morgan fingerprint density at radius 2 is 1.81 bits per heavy atom. The van der Waals surface area contributed by atoms with E-state index in [2.05, 4.69) is 10.0 Å². The molecule has 27 heavy (non-hydrogen) atoms. The van der Waals surface area contributed by atoms with Gasteiger partial charge >= 0.3 is 5.97 Å². The van der Waals surface area contributed by atoms with Gasteiger partial charge in [0, 0.05) is 25.6 Å². The van der Waals surface area contributed by atoms with Crippen LogP contribution in [0.3, 0.4) is 0 Å². The first-order chi connectivity index (χ1) is 13.0. The molecular formula is C20H28N4O3. The number of carboxylic acids is 1. The molecule has 0 radical (unpaired) electrons. The first-order valence-corrected chi connectivity index (χ1v) is 9.57. The maximum absolute atomic E-state index is 13.2. The molecule has 3 rings (SSSR count). The first-order valence-electron chi connectivity index (χ1n) is 9.57. The number of carboxylic acid groups (broad SMARTS) is 1. The molecule has 1 saturated carbocycles. The molecule has 1 aromatic carbocycles. The first kappa shape index (κ1) is 19.4. The fraction of sp³-hybridized carbons (Fsp3) is 0.550. The highest BCUT2D eigenvalue weighted by Gasteiger charge is 2.39. The second-order valence-corrected chi connectivity index (χ2v) is 7.53. The molecule has 1 aliphatic heterocycles. The summed E-state index contributed by atoms with van der Waals surface area (Å²) in [6, 6.07) is 8.56. The van der Waals surface area contributed by atoms with Gasteiger partial charge in [-0.1, -0.05) is 31.0 Å². The molecule has 0 aromatic heterocycles. The zero-order chi connectivity index (χ0) is 19.4. The lowest BCUT2D eigenvalue weighted by molar-refractivity contribution is -0.138. The standard InChI is InChI=1S/C20H28N4O3/c1-22(2)12-13-23(15-8-6-7-9-15)19(25)17-14-18(20(26)27)24(21-17)16-10-4-3-5-11-16/h3-5,10-11,15,18H,6-9,12-14H2,1-2H3,(H,26,27). The lowest BCUT2D eigenvalue weighted by Crippen LogP contribution is -2.46. The quantitative estimate of drug-likeness (QED) is 0.793. The average Bonchev–Trinajstić information content (AvgIpc) is 3.32. The molecular weight excluding hydrogens is 344 g/mol. The van der Waals surface area contributed by atoms with Gasteiger partial charge in [0.2, 0.25) is 0 Å². The van der Waals surface area contributed by atoms with Crippen LogP contribution in [0.5, 0.6) is 0 Å². The monoisotopic (exact) mass is 372 g/mol. The number of benzene rings is 1. The van der Waals surface area contributed by atoms with Gasteiger partial charge in [0.15, 0.2) is 6.04 Å². The van der Waals surface area contributed by atoms with E-state index < -0.39 is 12.0 Å². The summed E-state index contributed by atoms with van der Waals surface area (Å²) < 4.78 is 0. The number of hydrogen-bond acceptors (Lipinski definition) is 5. The van der Waals surface area contributed by atoms with Gasteiger partial charge in [0.05, 0.1) is 5.69 Å². The normalized spacial score (nSPS) is 20.2. The van der Waals surface area contributed by atoms with Gasteiger partial charge in [0.1, 0.15) is 5.71 Å². The molecule has 1 fully saturated rings. The van der Waals surface area contributed by atoms with E-state index in [4.69, 9.17) is 0 Å². The summed E-state index contributed by atoms with van der Waals surface area (Å²) in [5.41, 5.74) is 1.03. The molecule has 0 saturated heterocycles. The Bertz CT molecular complexity index is 698. The van der Waals surface area contributed by atoms with Gasteiger partial charge in [-0.3, -0.25) is 9.80 Å². The highest BCUT2D eigenvalue weighted by atomic mass is 16.4. The predicted octanol–water partition coefficient (Wildman–Crippen LogP) is 2.04. The minimum Gasteiger partial charge on any atom is -0.480 e. The second-order valence-electron chi connectivity index (χ2n) is 7.53. The van der Waals surface area contributed by atoms with Crippen LogP contribution in [-0.4, -0.2) is 71.8 Å². The Morgan fingerprint density at radius 1 is 1.15 bits per heavy atom. The van der Waals surface area contributed by atoms with Crippen molar-refractivity contribution in [1.82, 2.24) is 9.80 Å². The number of para-hydroxylation sites is 1. The molecule has 1 aliphatic carbocycles. The number of aliphatic carboxylic acids is 1. The summed E-state index contributed by atoms with van der Waals surface area (Å²) >= 11 is 0. The summed E-state index contributed by atoms with van der Waals surface area (Å²) in [5, 5.41) is 15.5. The van der Waals surface area contributed by atoms with Crippen molar-refractivity contribution in [2.45, 2.75) is 44.2 Å². The van der Waals surface area contributed by atoms with Crippen LogP contribution in [-0.2, 0) is 9.59 Å². The largest absolute Gasteiger partial charge is 0.480 e. The number of hydrogen-bond donors (Lipinski definition) is 1. The van der Waals surface area contributed by atoms with Crippen LogP contribution in [0.15, 0.2) is 35.4 Å². The summed E-state index contributed by atoms with van der Waals surface area (Å²) in [7, 11) is 3.98. The predicted molar refractivity (Wildman–Crippen MR) is 105 cm³/mol. The van der Waals surface area contributed by atoms with E-state index in [1.807, 2.05) is 49.3 Å². The van der Waals surface area contributed by atoms with Crippen LogP contribution in [0.25, 0.3) is 0 Å². The second kappa shape index (κ2) is 8.52. The fourth-order valence-electron chi connectivity index (χ4n) is 3.79. The molecule has 1 amide bonds. The molecule has 1 atom stereocenters. The summed E-state index contributed by atoms with van der Waals surface area (Å²) in [6.45, 7) is 1.42. The maximum atomic E-state index is 13.2. The molecule has 1 heterocycles. The fourth-order valence-corrected chi connectivity index (χ4v) is 3.79. The smallest absolute Gasteiger partial charge is 0.328 e. The van der Waals surface area contributed by atoms with Crippen LogP contribution in [0.2, 0.25) is 0 Å². The van der Waals surface area contributed by atoms with Crippen LogP contribution < -0.4 is 5.01 Å². The van der Waals surface area contributed by atoms with Crippen molar-refractivity contribution in [3.8, 4) is 0 Å². The number of likely N-dealkylation sites (N-methyl/N-ethyl adjacent to an activating group) is 1. The number of rotatable bonds is 7. The van der Waals surface area contributed by atoms with Crippen molar-refractivity contribution in [1.29, 1.82) is 0 Å². The molecule has 7 nitrogen and oxygen atoms in total. The van der Waals surface area contributed by atoms with Crippen molar-refractivity contribution >= 4 is 23.3 Å². The third kappa shape index (κ3) is 4.47. The third-order valence-electron chi connectivity index (χ3n) is 5.28. The number of nitrogens with zero attached hydrogens (tertiary/aromatic N) is 4. The zero-order valence-electron chi connectivity index (χ0n) is 16.0. The topological polar surface area (TPSA) is 76.5 Å². The highest BCUT2D eigenvalue weighted by molar-refractivity contribution is 6.40. The average molecular weight is 372 g/mol. The molecule has 1 unspecified atom stereocenters. The van der Waals surface area contributed by atoms with Gasteiger partial charge in [-0.2, -0.15) is 5.10 Å². The number of carbonyl (C=O) groups excluding carboxylic acids is 1. The number of carbonyl (C=O) groups is 2. The summed E-state index contributed by atoms with van der Waals surface area (Å²) in [4.78, 5) is 29.0. The van der Waals surface area contributed by atoms with E-state index in [0.717, 1.165) is 32.2 Å². The molecule has 1 aromatic rings. The Morgan fingerprint density at radius 3 is 2.41 bits per heavy atom. The Labute approximate surface area is 160 Å². The number of amides is 1. The molecule has 2 aliphatic rings. The van der Waals surface area contributed by atoms with Crippen molar-refractivity contribution < 1.29 is 14.7 Å². The van der Waals surface area contributed by atoms with Crippen LogP contribution in [0, 0.1) is 0 Å². The molecule has 0 bridgehead atoms. The van der Waals surface area contributed by atoms with Gasteiger partial charge in [-0.05, 0) is 39.1 Å². The molecule has 146 valence electrons. The van der Waals surface area contributed by atoms with Gasteiger partial charge in [0.25, 0.3) is 5.91 Å². The van der Waals surface area contributed by atoms with E-state index >= 15 is 0 Å². The van der Waals surface area contributed by atoms with Crippen molar-refractivity contribution in [2.24, 2.45) is 5.10 Å². The lowest BCUT2D eigenvalue weighted by atomic mass is 10.1. The third-order valence-corrected chi connectivity index (χ3v) is 5.28. The minimum atomic E-state index is -0.967. The van der Waals surface area contributed by atoms with Crippen molar-refractivity contribution in [3.63, 3.8) is 0 Å². The van der Waals surface area contributed by atoms with Crippen molar-refractivity contribution in [3.05, 3.63) is 30.3 Å². The van der Waals surface area contributed by atoms with E-state index in [-0.39, 0.29) is 18.4 Å². The van der Waals surface area contributed by atoms with Gasteiger partial charge in [-0.15, -0.1) is 0 Å².